The lowest BCUT2D eigenvalue weighted by Crippen LogP contribution is -2.36. The maximum atomic E-state index is 12.5. The second-order valence-electron chi connectivity index (χ2n) is 5.72. The van der Waals surface area contributed by atoms with E-state index >= 15 is 0 Å². The summed E-state index contributed by atoms with van der Waals surface area (Å²) in [7, 11) is 0. The van der Waals surface area contributed by atoms with Gasteiger partial charge in [0.15, 0.2) is 17.5 Å². The lowest BCUT2D eigenvalue weighted by Gasteiger charge is -2.14. The second kappa shape index (κ2) is 10.9. The number of hydrogen-bond acceptors (Lipinski definition) is 4. The Morgan fingerprint density at radius 1 is 1.14 bits per heavy atom. The van der Waals surface area contributed by atoms with Gasteiger partial charge in [-0.15, -0.1) is 24.0 Å². The van der Waals surface area contributed by atoms with Gasteiger partial charge in [-0.1, -0.05) is 24.3 Å². The molecular formula is C19H22F2IN3O3. The minimum Gasteiger partial charge on any atom is -0.454 e. The van der Waals surface area contributed by atoms with Crippen molar-refractivity contribution in [2.24, 2.45) is 4.99 Å². The average Bonchev–Trinajstić information content (AvgIpc) is 3.12. The van der Waals surface area contributed by atoms with E-state index in [0.29, 0.717) is 36.9 Å². The second-order valence-corrected chi connectivity index (χ2v) is 5.72. The lowest BCUT2D eigenvalue weighted by atomic mass is 10.2. The molecule has 1 aliphatic heterocycles. The van der Waals surface area contributed by atoms with Crippen LogP contribution in [0.2, 0.25) is 0 Å². The van der Waals surface area contributed by atoms with Gasteiger partial charge in [-0.3, -0.25) is 0 Å². The maximum Gasteiger partial charge on any atom is 0.387 e. The Morgan fingerprint density at radius 3 is 2.71 bits per heavy atom. The molecule has 0 spiro atoms. The quantitative estimate of drug-likeness (QED) is 0.340. The predicted molar refractivity (Wildman–Crippen MR) is 113 cm³/mol. The molecular weight excluding hydrogens is 483 g/mol. The molecule has 0 aromatic heterocycles. The molecule has 0 atom stereocenters. The van der Waals surface area contributed by atoms with E-state index in [1.54, 1.807) is 18.2 Å². The first kappa shape index (κ1) is 22.0. The third-order valence-electron chi connectivity index (χ3n) is 3.84. The minimum atomic E-state index is -2.86. The third kappa shape index (κ3) is 6.11. The number of ether oxygens (including phenoxy) is 3. The molecule has 1 aliphatic rings. The largest absolute Gasteiger partial charge is 0.454 e. The van der Waals surface area contributed by atoms with E-state index in [1.807, 2.05) is 25.1 Å². The van der Waals surface area contributed by atoms with Crippen LogP contribution in [0, 0.1) is 0 Å². The summed E-state index contributed by atoms with van der Waals surface area (Å²) in [5.41, 5.74) is 1.59. The summed E-state index contributed by atoms with van der Waals surface area (Å²) in [6, 6.07) is 12.3. The van der Waals surface area contributed by atoms with E-state index in [2.05, 4.69) is 20.4 Å². The van der Waals surface area contributed by atoms with Crippen molar-refractivity contribution >= 4 is 29.9 Å². The molecule has 6 nitrogen and oxygen atoms in total. The van der Waals surface area contributed by atoms with Gasteiger partial charge in [0.25, 0.3) is 0 Å². The summed E-state index contributed by atoms with van der Waals surface area (Å²) < 4.78 is 40.3. The van der Waals surface area contributed by atoms with E-state index in [9.17, 15) is 8.78 Å². The van der Waals surface area contributed by atoms with Gasteiger partial charge in [-0.05, 0) is 30.7 Å². The highest BCUT2D eigenvalue weighted by atomic mass is 127. The zero-order valence-electron chi connectivity index (χ0n) is 15.3. The Labute approximate surface area is 179 Å². The monoisotopic (exact) mass is 505 g/mol. The van der Waals surface area contributed by atoms with Crippen LogP contribution >= 0.6 is 24.0 Å². The molecule has 0 aliphatic carbocycles. The number of halogens is 3. The zero-order valence-corrected chi connectivity index (χ0v) is 17.6. The molecule has 2 aromatic rings. The molecule has 2 N–H and O–H groups in total. The standard InChI is InChI=1S/C19H21F2N3O3.HI/c1-2-22-19(23-10-13-7-8-16-17(9-13)26-12-25-16)24-11-14-5-3-4-6-15(14)27-18(20)21;/h3-9,18H,2,10-12H2,1H3,(H2,22,23,24);1H. The van der Waals surface area contributed by atoms with Crippen LogP contribution in [0.25, 0.3) is 0 Å². The predicted octanol–water partition coefficient (Wildman–Crippen LogP) is 3.89. The highest BCUT2D eigenvalue weighted by molar-refractivity contribution is 14.0. The number of alkyl halides is 2. The number of hydrogen-bond donors (Lipinski definition) is 2. The number of benzene rings is 2. The van der Waals surface area contributed by atoms with Gasteiger partial charge in [-0.25, -0.2) is 4.99 Å². The smallest absolute Gasteiger partial charge is 0.387 e. The van der Waals surface area contributed by atoms with Crippen molar-refractivity contribution in [3.05, 3.63) is 53.6 Å². The van der Waals surface area contributed by atoms with Crippen molar-refractivity contribution < 1.29 is 23.0 Å². The first-order chi connectivity index (χ1) is 13.2. The molecule has 0 bridgehead atoms. The summed E-state index contributed by atoms with van der Waals surface area (Å²) in [5.74, 6) is 2.15. The van der Waals surface area contributed by atoms with Crippen LogP contribution in [0.3, 0.4) is 0 Å². The highest BCUT2D eigenvalue weighted by Crippen LogP contribution is 2.32. The van der Waals surface area contributed by atoms with Crippen LogP contribution in [-0.2, 0) is 13.1 Å². The maximum absolute atomic E-state index is 12.5. The molecule has 0 saturated carbocycles. The molecule has 152 valence electrons. The van der Waals surface area contributed by atoms with E-state index in [-0.39, 0.29) is 36.5 Å². The molecule has 0 unspecified atom stereocenters. The molecule has 0 saturated heterocycles. The molecule has 1 heterocycles. The lowest BCUT2D eigenvalue weighted by molar-refractivity contribution is -0.0504. The molecule has 3 rings (SSSR count). The minimum absolute atomic E-state index is 0. The molecule has 0 fully saturated rings. The Kier molecular flexibility index (Phi) is 8.55. The van der Waals surface area contributed by atoms with Crippen LogP contribution in [0.1, 0.15) is 18.1 Å². The summed E-state index contributed by atoms with van der Waals surface area (Å²) >= 11 is 0. The summed E-state index contributed by atoms with van der Waals surface area (Å²) in [4.78, 5) is 4.52. The highest BCUT2D eigenvalue weighted by Gasteiger charge is 2.13. The third-order valence-corrected chi connectivity index (χ3v) is 3.84. The fourth-order valence-corrected chi connectivity index (χ4v) is 2.59. The van der Waals surface area contributed by atoms with Gasteiger partial charge in [0.2, 0.25) is 6.79 Å². The summed E-state index contributed by atoms with van der Waals surface area (Å²) in [6.45, 7) is 0.719. The van der Waals surface area contributed by atoms with Gasteiger partial charge >= 0.3 is 6.61 Å². The fourth-order valence-electron chi connectivity index (χ4n) is 2.59. The van der Waals surface area contributed by atoms with E-state index in [4.69, 9.17) is 9.47 Å². The molecule has 0 amide bonds. The van der Waals surface area contributed by atoms with Gasteiger partial charge in [0.1, 0.15) is 5.75 Å². The average molecular weight is 505 g/mol. The van der Waals surface area contributed by atoms with Gasteiger partial charge in [0, 0.05) is 18.7 Å². The number of guanidine groups is 1. The number of fused-ring (bicyclic) bond motifs is 1. The Bertz CT molecular complexity index is 806. The van der Waals surface area contributed by atoms with Crippen LogP contribution in [0.5, 0.6) is 17.2 Å². The topological polar surface area (TPSA) is 64.1 Å². The SMILES string of the molecule is CCNC(=NCc1ccc2c(c1)OCO2)NCc1ccccc1OC(F)F.I. The normalized spacial score (nSPS) is 12.5. The van der Waals surface area contributed by atoms with E-state index in [1.165, 1.54) is 6.07 Å². The Hall–Kier alpha value is -2.30. The number of aliphatic imine (C=N–C) groups is 1. The van der Waals surface area contributed by atoms with Crippen LogP contribution in [0.4, 0.5) is 8.78 Å². The van der Waals surface area contributed by atoms with Crippen LogP contribution < -0.4 is 24.8 Å². The number of nitrogens with one attached hydrogen (secondary N) is 2. The van der Waals surface area contributed by atoms with Crippen LogP contribution in [-0.4, -0.2) is 25.9 Å². The fraction of sp³-hybridized carbons (Fsp3) is 0.316. The van der Waals surface area contributed by atoms with Crippen molar-refractivity contribution in [2.75, 3.05) is 13.3 Å². The first-order valence-corrected chi connectivity index (χ1v) is 8.59. The first-order valence-electron chi connectivity index (χ1n) is 8.59. The number of para-hydroxylation sites is 1. The zero-order chi connectivity index (χ0) is 19.1. The number of rotatable bonds is 7. The molecule has 0 radical (unpaired) electrons. The molecule has 2 aromatic carbocycles. The van der Waals surface area contributed by atoms with Crippen molar-refractivity contribution in [3.63, 3.8) is 0 Å². The summed E-state index contributed by atoms with van der Waals surface area (Å²) in [6.07, 6.45) is 0. The molecule has 28 heavy (non-hydrogen) atoms. The Morgan fingerprint density at radius 2 is 1.93 bits per heavy atom. The van der Waals surface area contributed by atoms with Crippen molar-refractivity contribution in [1.82, 2.24) is 10.6 Å². The van der Waals surface area contributed by atoms with Crippen molar-refractivity contribution in [1.29, 1.82) is 0 Å². The Balaban J connectivity index is 0.00000280. The van der Waals surface area contributed by atoms with Gasteiger partial charge < -0.3 is 24.8 Å². The van der Waals surface area contributed by atoms with Gasteiger partial charge in [-0.2, -0.15) is 8.78 Å². The molecule has 9 heteroatoms. The van der Waals surface area contributed by atoms with Crippen LogP contribution in [0.15, 0.2) is 47.5 Å². The van der Waals surface area contributed by atoms with Gasteiger partial charge in [0.05, 0.1) is 6.54 Å². The van der Waals surface area contributed by atoms with Crippen molar-refractivity contribution in [2.45, 2.75) is 26.6 Å². The summed E-state index contributed by atoms with van der Waals surface area (Å²) in [5, 5.41) is 6.26. The van der Waals surface area contributed by atoms with E-state index in [0.717, 1.165) is 11.3 Å². The van der Waals surface area contributed by atoms with E-state index < -0.39 is 6.61 Å². The van der Waals surface area contributed by atoms with Crippen molar-refractivity contribution in [3.8, 4) is 17.2 Å². The number of nitrogens with zero attached hydrogens (tertiary/aromatic N) is 1.